The molecule has 1 aromatic rings. The second-order valence-corrected chi connectivity index (χ2v) is 6.14. The molecule has 0 saturated carbocycles. The van der Waals surface area contributed by atoms with Crippen LogP contribution in [-0.4, -0.2) is 31.5 Å². The lowest BCUT2D eigenvalue weighted by atomic mass is 9.99. The van der Waals surface area contributed by atoms with Crippen LogP contribution >= 0.6 is 24.0 Å². The lowest BCUT2D eigenvalue weighted by molar-refractivity contribution is -0.121. The van der Waals surface area contributed by atoms with Gasteiger partial charge in [-0.15, -0.1) is 24.0 Å². The number of halogens is 2. The van der Waals surface area contributed by atoms with Crippen LogP contribution in [0, 0.1) is 11.7 Å². The smallest absolute Gasteiger partial charge is 0.222 e. The van der Waals surface area contributed by atoms with Crippen LogP contribution < -0.4 is 16.4 Å². The molecule has 1 aromatic carbocycles. The van der Waals surface area contributed by atoms with Crippen molar-refractivity contribution in [2.45, 2.75) is 46.0 Å². The van der Waals surface area contributed by atoms with Crippen molar-refractivity contribution in [1.29, 1.82) is 0 Å². The SMILES string of the molecule is CCCCCCNC(=NCC(Cc1ccc(F)cc1)C(N)=O)NCC.I. The quantitative estimate of drug-likeness (QED) is 0.198. The Labute approximate surface area is 173 Å². The molecule has 0 aliphatic rings. The molecule has 0 bridgehead atoms. The molecule has 0 aliphatic heterocycles. The third-order valence-electron chi connectivity index (χ3n) is 3.93. The van der Waals surface area contributed by atoms with E-state index >= 15 is 0 Å². The predicted molar refractivity (Wildman–Crippen MR) is 116 cm³/mol. The first-order valence-corrected chi connectivity index (χ1v) is 9.12. The molecule has 0 spiro atoms. The second kappa shape index (κ2) is 14.8. The molecule has 26 heavy (non-hydrogen) atoms. The summed E-state index contributed by atoms with van der Waals surface area (Å²) in [6, 6.07) is 6.12. The van der Waals surface area contributed by atoms with Crippen LogP contribution in [0.15, 0.2) is 29.3 Å². The van der Waals surface area contributed by atoms with Gasteiger partial charge in [0.25, 0.3) is 0 Å². The molecule has 148 valence electrons. The van der Waals surface area contributed by atoms with Gasteiger partial charge in [0.15, 0.2) is 5.96 Å². The number of rotatable bonds is 11. The molecule has 1 amide bonds. The number of nitrogens with zero attached hydrogens (tertiary/aromatic N) is 1. The maximum Gasteiger partial charge on any atom is 0.222 e. The number of nitrogens with one attached hydrogen (secondary N) is 2. The van der Waals surface area contributed by atoms with Crippen LogP contribution in [0.1, 0.15) is 45.1 Å². The Bertz CT molecular complexity index is 537. The predicted octanol–water partition coefficient (Wildman–Crippen LogP) is 3.22. The Morgan fingerprint density at radius 1 is 1.15 bits per heavy atom. The minimum atomic E-state index is -0.416. The highest BCUT2D eigenvalue weighted by Gasteiger charge is 2.16. The van der Waals surface area contributed by atoms with Crippen molar-refractivity contribution in [2.24, 2.45) is 16.6 Å². The van der Waals surface area contributed by atoms with Gasteiger partial charge in [-0.25, -0.2) is 4.39 Å². The summed E-state index contributed by atoms with van der Waals surface area (Å²) in [4.78, 5) is 16.2. The molecule has 7 heteroatoms. The minimum Gasteiger partial charge on any atom is -0.369 e. The monoisotopic (exact) mass is 478 g/mol. The number of benzene rings is 1. The number of carbonyl (C=O) groups excluding carboxylic acids is 1. The first-order chi connectivity index (χ1) is 12.1. The van der Waals surface area contributed by atoms with E-state index in [-0.39, 0.29) is 29.8 Å². The van der Waals surface area contributed by atoms with Gasteiger partial charge < -0.3 is 16.4 Å². The summed E-state index contributed by atoms with van der Waals surface area (Å²) in [5.41, 5.74) is 6.38. The maximum absolute atomic E-state index is 13.0. The van der Waals surface area contributed by atoms with E-state index in [9.17, 15) is 9.18 Å². The zero-order valence-corrected chi connectivity index (χ0v) is 18.1. The Morgan fingerprint density at radius 2 is 1.85 bits per heavy atom. The molecule has 0 aromatic heterocycles. The molecule has 0 radical (unpaired) electrons. The summed E-state index contributed by atoms with van der Waals surface area (Å²) in [6.45, 7) is 6.09. The summed E-state index contributed by atoms with van der Waals surface area (Å²) in [5, 5.41) is 6.46. The minimum absolute atomic E-state index is 0. The van der Waals surface area contributed by atoms with Gasteiger partial charge in [0.05, 0.1) is 12.5 Å². The van der Waals surface area contributed by atoms with E-state index in [1.807, 2.05) is 6.92 Å². The fraction of sp³-hybridized carbons (Fsp3) is 0.579. The van der Waals surface area contributed by atoms with E-state index in [0.29, 0.717) is 18.9 Å². The van der Waals surface area contributed by atoms with Gasteiger partial charge in [-0.1, -0.05) is 38.3 Å². The third kappa shape index (κ3) is 10.6. The number of primary amides is 1. The number of aliphatic imine (C=N–C) groups is 1. The Hall–Kier alpha value is -1.38. The third-order valence-corrected chi connectivity index (χ3v) is 3.93. The molecule has 4 N–H and O–H groups in total. The Morgan fingerprint density at radius 3 is 2.42 bits per heavy atom. The van der Waals surface area contributed by atoms with Crippen LogP contribution in [0.5, 0.6) is 0 Å². The fourth-order valence-electron chi connectivity index (χ4n) is 2.46. The van der Waals surface area contributed by atoms with Gasteiger partial charge in [0.1, 0.15) is 5.82 Å². The number of amides is 1. The molecule has 1 atom stereocenters. The number of carbonyl (C=O) groups is 1. The largest absolute Gasteiger partial charge is 0.369 e. The number of hydrogen-bond donors (Lipinski definition) is 3. The summed E-state index contributed by atoms with van der Waals surface area (Å²) < 4.78 is 13.0. The summed E-state index contributed by atoms with van der Waals surface area (Å²) in [7, 11) is 0. The summed E-state index contributed by atoms with van der Waals surface area (Å²) in [6.07, 6.45) is 5.17. The van der Waals surface area contributed by atoms with E-state index in [1.165, 1.54) is 31.4 Å². The Kier molecular flexibility index (Phi) is 14.0. The second-order valence-electron chi connectivity index (χ2n) is 6.14. The number of hydrogen-bond acceptors (Lipinski definition) is 2. The highest BCUT2D eigenvalue weighted by molar-refractivity contribution is 14.0. The van der Waals surface area contributed by atoms with Crippen molar-refractivity contribution in [2.75, 3.05) is 19.6 Å². The van der Waals surface area contributed by atoms with Gasteiger partial charge in [0, 0.05) is 13.1 Å². The molecule has 1 unspecified atom stereocenters. The molecule has 1 rings (SSSR count). The van der Waals surface area contributed by atoms with Gasteiger partial charge >= 0.3 is 0 Å². The van der Waals surface area contributed by atoms with E-state index < -0.39 is 11.8 Å². The van der Waals surface area contributed by atoms with Crippen molar-refractivity contribution in [3.05, 3.63) is 35.6 Å². The average molecular weight is 478 g/mol. The van der Waals surface area contributed by atoms with Crippen molar-refractivity contribution >= 4 is 35.8 Å². The molecular weight excluding hydrogens is 446 g/mol. The normalized spacial score (nSPS) is 12.2. The van der Waals surface area contributed by atoms with E-state index in [0.717, 1.165) is 25.1 Å². The summed E-state index contributed by atoms with van der Waals surface area (Å²) in [5.74, 6) is -0.406. The van der Waals surface area contributed by atoms with Crippen molar-refractivity contribution in [3.63, 3.8) is 0 Å². The average Bonchev–Trinajstić information content (AvgIpc) is 2.59. The van der Waals surface area contributed by atoms with Crippen molar-refractivity contribution in [3.8, 4) is 0 Å². The van der Waals surface area contributed by atoms with Gasteiger partial charge in [-0.05, 0) is 37.5 Å². The lowest BCUT2D eigenvalue weighted by Crippen LogP contribution is -2.39. The molecule has 0 aliphatic carbocycles. The van der Waals surface area contributed by atoms with Crippen molar-refractivity contribution < 1.29 is 9.18 Å². The maximum atomic E-state index is 13.0. The van der Waals surface area contributed by atoms with Crippen LogP contribution in [0.4, 0.5) is 4.39 Å². The van der Waals surface area contributed by atoms with Crippen molar-refractivity contribution in [1.82, 2.24) is 10.6 Å². The van der Waals surface area contributed by atoms with Crippen LogP contribution in [-0.2, 0) is 11.2 Å². The molecular formula is C19H32FIN4O. The number of unbranched alkanes of at least 4 members (excludes halogenated alkanes) is 3. The topological polar surface area (TPSA) is 79.5 Å². The molecule has 0 heterocycles. The first-order valence-electron chi connectivity index (χ1n) is 9.12. The van der Waals surface area contributed by atoms with Crippen LogP contribution in [0.2, 0.25) is 0 Å². The molecule has 0 saturated heterocycles. The van der Waals surface area contributed by atoms with Gasteiger partial charge in [-0.2, -0.15) is 0 Å². The van der Waals surface area contributed by atoms with Gasteiger partial charge in [-0.3, -0.25) is 9.79 Å². The lowest BCUT2D eigenvalue weighted by Gasteiger charge is -2.14. The van der Waals surface area contributed by atoms with Gasteiger partial charge in [0.2, 0.25) is 5.91 Å². The number of nitrogens with two attached hydrogens (primary N) is 1. The summed E-state index contributed by atoms with van der Waals surface area (Å²) >= 11 is 0. The molecule has 0 fully saturated rings. The van der Waals surface area contributed by atoms with Crippen LogP contribution in [0.3, 0.4) is 0 Å². The highest BCUT2D eigenvalue weighted by atomic mass is 127. The highest BCUT2D eigenvalue weighted by Crippen LogP contribution is 2.10. The molecule has 5 nitrogen and oxygen atoms in total. The zero-order chi connectivity index (χ0) is 18.5. The van der Waals surface area contributed by atoms with E-state index in [1.54, 1.807) is 12.1 Å². The van der Waals surface area contributed by atoms with E-state index in [2.05, 4.69) is 22.5 Å². The Balaban J connectivity index is 0.00000625. The van der Waals surface area contributed by atoms with Crippen LogP contribution in [0.25, 0.3) is 0 Å². The first kappa shape index (κ1) is 24.6. The van der Waals surface area contributed by atoms with E-state index in [4.69, 9.17) is 5.73 Å². The number of guanidine groups is 1. The standard InChI is InChI=1S/C19H31FN4O.HI/c1-3-5-6-7-12-23-19(22-4-2)24-14-16(18(21)25)13-15-8-10-17(20)11-9-15;/h8-11,16H,3-7,12-14H2,1-2H3,(H2,21,25)(H2,22,23,24);1H. The fourth-order valence-corrected chi connectivity index (χ4v) is 2.46. The zero-order valence-electron chi connectivity index (χ0n) is 15.8.